The maximum atomic E-state index is 12.3. The van der Waals surface area contributed by atoms with Crippen molar-refractivity contribution in [1.29, 1.82) is 5.26 Å². The Morgan fingerprint density at radius 2 is 1.74 bits per heavy atom. The molecule has 0 saturated carbocycles. The predicted octanol–water partition coefficient (Wildman–Crippen LogP) is 3.84. The summed E-state index contributed by atoms with van der Waals surface area (Å²) in [5.41, 5.74) is 3.00. The molecular formula is C21H16N2O4. The number of carboxylic acids is 1. The third-order valence-electron chi connectivity index (χ3n) is 4.29. The summed E-state index contributed by atoms with van der Waals surface area (Å²) in [6.45, 7) is 1.99. The van der Waals surface area contributed by atoms with Gasteiger partial charge in [0.05, 0.1) is 11.9 Å². The number of aromatic hydroxyl groups is 1. The molecule has 0 radical (unpaired) electrons. The van der Waals surface area contributed by atoms with Crippen LogP contribution >= 0.6 is 0 Å². The number of aromatic nitrogens is 1. The fourth-order valence-corrected chi connectivity index (χ4v) is 2.83. The number of hydrogen-bond acceptors (Lipinski definition) is 5. The average Bonchev–Trinajstić information content (AvgIpc) is 2.66. The quantitative estimate of drug-likeness (QED) is 0.669. The van der Waals surface area contributed by atoms with Crippen molar-refractivity contribution in [2.24, 2.45) is 0 Å². The van der Waals surface area contributed by atoms with Gasteiger partial charge in [-0.2, -0.15) is 5.26 Å². The molecule has 0 aliphatic heterocycles. The third kappa shape index (κ3) is 3.62. The molecule has 134 valence electrons. The lowest BCUT2D eigenvalue weighted by Crippen LogP contribution is -2.07. The summed E-state index contributed by atoms with van der Waals surface area (Å²) >= 11 is 0. The zero-order chi connectivity index (χ0) is 19.6. The molecule has 0 aliphatic rings. The van der Waals surface area contributed by atoms with Crippen LogP contribution in [0.2, 0.25) is 0 Å². The first kappa shape index (κ1) is 18.1. The van der Waals surface area contributed by atoms with Crippen molar-refractivity contribution < 1.29 is 19.8 Å². The molecule has 3 aromatic rings. The van der Waals surface area contributed by atoms with Gasteiger partial charge in [0.1, 0.15) is 17.3 Å². The first-order chi connectivity index (χ1) is 12.9. The van der Waals surface area contributed by atoms with Crippen LogP contribution in [0.1, 0.15) is 34.5 Å². The molecule has 3 rings (SSSR count). The minimum absolute atomic E-state index is 0.0471. The van der Waals surface area contributed by atoms with E-state index in [1.807, 2.05) is 43.3 Å². The number of rotatable bonds is 5. The van der Waals surface area contributed by atoms with Gasteiger partial charge in [0, 0.05) is 11.8 Å². The van der Waals surface area contributed by atoms with E-state index in [0.29, 0.717) is 10.9 Å². The Hall–Kier alpha value is -3.72. The number of carboxylic acid groups (broad SMARTS) is 1. The van der Waals surface area contributed by atoms with Crippen molar-refractivity contribution in [3.05, 3.63) is 59.3 Å². The van der Waals surface area contributed by atoms with Gasteiger partial charge in [-0.05, 0) is 24.1 Å². The normalized spacial score (nSPS) is 10.5. The molecule has 0 unspecified atom stereocenters. The molecule has 1 heterocycles. The number of carbonyl (C=O) groups is 2. The SMILES string of the molecule is Cc1ccc(-c2ccc3c(C#N)c(O)c(C(=O)CCC(=O)O)nc3c2)cc1. The smallest absolute Gasteiger partial charge is 0.303 e. The zero-order valence-corrected chi connectivity index (χ0v) is 14.6. The van der Waals surface area contributed by atoms with Crippen LogP contribution in [-0.4, -0.2) is 26.9 Å². The second kappa shape index (κ2) is 7.26. The van der Waals surface area contributed by atoms with Crippen molar-refractivity contribution in [3.63, 3.8) is 0 Å². The van der Waals surface area contributed by atoms with E-state index in [1.165, 1.54) is 0 Å². The first-order valence-corrected chi connectivity index (χ1v) is 8.29. The van der Waals surface area contributed by atoms with Crippen LogP contribution in [0.15, 0.2) is 42.5 Å². The van der Waals surface area contributed by atoms with Gasteiger partial charge in [0.2, 0.25) is 0 Å². The molecule has 2 N–H and O–H groups in total. The van der Waals surface area contributed by atoms with Crippen molar-refractivity contribution in [2.45, 2.75) is 19.8 Å². The number of aliphatic carboxylic acids is 1. The summed E-state index contributed by atoms with van der Waals surface area (Å²) in [5.74, 6) is -2.25. The van der Waals surface area contributed by atoms with Crippen LogP contribution in [0, 0.1) is 18.3 Å². The van der Waals surface area contributed by atoms with Gasteiger partial charge in [0.15, 0.2) is 11.5 Å². The van der Waals surface area contributed by atoms with Gasteiger partial charge in [-0.1, -0.05) is 42.0 Å². The largest absolute Gasteiger partial charge is 0.504 e. The molecule has 0 bridgehead atoms. The zero-order valence-electron chi connectivity index (χ0n) is 14.6. The Bertz CT molecular complexity index is 1100. The molecule has 27 heavy (non-hydrogen) atoms. The fraction of sp³-hybridized carbons (Fsp3) is 0.143. The van der Waals surface area contributed by atoms with Crippen LogP contribution < -0.4 is 0 Å². The number of nitriles is 1. The highest BCUT2D eigenvalue weighted by Crippen LogP contribution is 2.32. The highest BCUT2D eigenvalue weighted by molar-refractivity contribution is 6.02. The molecule has 0 fully saturated rings. The van der Waals surface area contributed by atoms with Gasteiger partial charge in [0.25, 0.3) is 0 Å². The van der Waals surface area contributed by atoms with Gasteiger partial charge >= 0.3 is 5.97 Å². The van der Waals surface area contributed by atoms with Gasteiger partial charge < -0.3 is 10.2 Å². The topological polar surface area (TPSA) is 111 Å². The van der Waals surface area contributed by atoms with Crippen molar-refractivity contribution in [3.8, 4) is 22.9 Å². The van der Waals surface area contributed by atoms with E-state index in [1.54, 1.807) is 12.1 Å². The summed E-state index contributed by atoms with van der Waals surface area (Å²) in [5, 5.41) is 28.9. The summed E-state index contributed by atoms with van der Waals surface area (Å²) in [6, 6.07) is 15.0. The van der Waals surface area contributed by atoms with Crippen LogP contribution in [0.4, 0.5) is 0 Å². The molecule has 6 nitrogen and oxygen atoms in total. The number of fused-ring (bicyclic) bond motifs is 1. The number of Topliss-reactive ketones (excluding diaryl/α,β-unsaturated/α-hetero) is 1. The molecule has 6 heteroatoms. The number of carbonyl (C=O) groups excluding carboxylic acids is 1. The lowest BCUT2D eigenvalue weighted by molar-refractivity contribution is -0.136. The van der Waals surface area contributed by atoms with E-state index in [9.17, 15) is 20.0 Å². The Balaban J connectivity index is 2.13. The summed E-state index contributed by atoms with van der Waals surface area (Å²) in [4.78, 5) is 27.2. The second-order valence-corrected chi connectivity index (χ2v) is 6.21. The number of nitrogens with zero attached hydrogens (tertiary/aromatic N) is 2. The van der Waals surface area contributed by atoms with Crippen molar-refractivity contribution in [2.75, 3.05) is 0 Å². The van der Waals surface area contributed by atoms with Crippen LogP contribution in [-0.2, 0) is 4.79 Å². The molecule has 0 aliphatic carbocycles. The van der Waals surface area contributed by atoms with Crippen LogP contribution in [0.5, 0.6) is 5.75 Å². The van der Waals surface area contributed by atoms with Gasteiger partial charge in [-0.3, -0.25) is 9.59 Å². The van der Waals surface area contributed by atoms with Crippen molar-refractivity contribution in [1.82, 2.24) is 4.98 Å². The van der Waals surface area contributed by atoms with E-state index in [2.05, 4.69) is 4.98 Å². The molecule has 1 aromatic heterocycles. The average molecular weight is 360 g/mol. The highest BCUT2D eigenvalue weighted by Gasteiger charge is 2.20. The van der Waals surface area contributed by atoms with E-state index in [-0.39, 0.29) is 24.1 Å². The molecule has 2 aromatic carbocycles. The standard InChI is InChI=1S/C21H16N2O4/c1-12-2-4-13(5-3-12)14-6-7-15-16(11-22)21(27)20(23-17(15)10-14)18(24)8-9-19(25)26/h2-7,10,27H,8-9H2,1H3,(H,25,26). The first-order valence-electron chi connectivity index (χ1n) is 8.29. The van der Waals surface area contributed by atoms with Gasteiger partial charge in [-0.25, -0.2) is 4.98 Å². The summed E-state index contributed by atoms with van der Waals surface area (Å²) < 4.78 is 0. The monoisotopic (exact) mass is 360 g/mol. The predicted molar refractivity (Wildman–Crippen MR) is 99.5 cm³/mol. The lowest BCUT2D eigenvalue weighted by Gasteiger charge is -2.10. The number of ketones is 1. The van der Waals surface area contributed by atoms with E-state index in [4.69, 9.17) is 5.11 Å². The molecule has 0 saturated heterocycles. The molecule has 0 amide bonds. The van der Waals surface area contributed by atoms with Gasteiger partial charge in [-0.15, -0.1) is 0 Å². The fourth-order valence-electron chi connectivity index (χ4n) is 2.83. The van der Waals surface area contributed by atoms with E-state index < -0.39 is 17.5 Å². The summed E-state index contributed by atoms with van der Waals surface area (Å²) in [6.07, 6.45) is -0.673. The third-order valence-corrected chi connectivity index (χ3v) is 4.29. The Morgan fingerprint density at radius 1 is 1.07 bits per heavy atom. The number of benzene rings is 2. The molecule has 0 atom stereocenters. The van der Waals surface area contributed by atoms with Crippen molar-refractivity contribution >= 4 is 22.7 Å². The summed E-state index contributed by atoms with van der Waals surface area (Å²) in [7, 11) is 0. The maximum absolute atomic E-state index is 12.3. The van der Waals surface area contributed by atoms with E-state index >= 15 is 0 Å². The molecule has 0 spiro atoms. The van der Waals surface area contributed by atoms with Crippen LogP contribution in [0.3, 0.4) is 0 Å². The van der Waals surface area contributed by atoms with Crippen LogP contribution in [0.25, 0.3) is 22.0 Å². The maximum Gasteiger partial charge on any atom is 0.303 e. The Labute approximate surface area is 155 Å². The Kier molecular flexibility index (Phi) is 4.86. The lowest BCUT2D eigenvalue weighted by atomic mass is 9.99. The highest BCUT2D eigenvalue weighted by atomic mass is 16.4. The minimum atomic E-state index is -1.12. The Morgan fingerprint density at radius 3 is 2.37 bits per heavy atom. The molecular weight excluding hydrogens is 344 g/mol. The van der Waals surface area contributed by atoms with E-state index in [0.717, 1.165) is 16.7 Å². The number of aryl methyl sites for hydroxylation is 1. The second-order valence-electron chi connectivity index (χ2n) is 6.21. The number of pyridine rings is 1. The minimum Gasteiger partial charge on any atom is -0.504 e. The number of hydrogen-bond donors (Lipinski definition) is 2.